The first-order valence-corrected chi connectivity index (χ1v) is 4.92. The second kappa shape index (κ2) is 5.34. The summed E-state index contributed by atoms with van der Waals surface area (Å²) in [4.78, 5) is 0. The van der Waals surface area contributed by atoms with Gasteiger partial charge in [-0.3, -0.25) is 5.41 Å². The summed E-state index contributed by atoms with van der Waals surface area (Å²) >= 11 is 0. The molecule has 0 saturated carbocycles. The van der Waals surface area contributed by atoms with Gasteiger partial charge < -0.3 is 10.5 Å². The molecular formula is C11H15FN2O. The smallest absolute Gasteiger partial charge is 0.130 e. The predicted molar refractivity (Wildman–Crippen MR) is 57.8 cm³/mol. The Morgan fingerprint density at radius 2 is 2.27 bits per heavy atom. The Morgan fingerprint density at radius 1 is 1.53 bits per heavy atom. The Kier molecular flexibility index (Phi) is 4.09. The number of hydrogen-bond acceptors (Lipinski definition) is 2. The zero-order valence-electron chi connectivity index (χ0n) is 8.72. The molecule has 0 atom stereocenters. The average molecular weight is 210 g/mol. The van der Waals surface area contributed by atoms with Gasteiger partial charge >= 0.3 is 0 Å². The largest absolute Gasteiger partial charge is 0.493 e. The van der Waals surface area contributed by atoms with E-state index in [9.17, 15) is 4.39 Å². The minimum absolute atomic E-state index is 0.180. The third kappa shape index (κ3) is 3.23. The van der Waals surface area contributed by atoms with Gasteiger partial charge in [-0.05, 0) is 24.6 Å². The number of unbranched alkanes of at least 4 members (excludes halogenated alkanes) is 1. The van der Waals surface area contributed by atoms with Gasteiger partial charge in [-0.2, -0.15) is 0 Å². The molecule has 1 aromatic carbocycles. The second-order valence-electron chi connectivity index (χ2n) is 3.26. The van der Waals surface area contributed by atoms with E-state index in [4.69, 9.17) is 15.9 Å². The standard InChI is InChI=1S/C11H15FN2O/c1-2-3-6-15-10-5-4-8(12)7-9(10)11(13)14/h4-5,7H,2-3,6H2,1H3,(H3,13,14). The van der Waals surface area contributed by atoms with Crippen LogP contribution in [0.15, 0.2) is 18.2 Å². The van der Waals surface area contributed by atoms with Crippen LogP contribution in [0.1, 0.15) is 25.3 Å². The molecule has 0 aliphatic rings. The fraction of sp³-hybridized carbons (Fsp3) is 0.364. The van der Waals surface area contributed by atoms with Crippen molar-refractivity contribution < 1.29 is 9.13 Å². The SMILES string of the molecule is CCCCOc1ccc(F)cc1C(=N)N. The fourth-order valence-corrected chi connectivity index (χ4v) is 1.17. The highest BCUT2D eigenvalue weighted by atomic mass is 19.1. The first-order chi connectivity index (χ1) is 7.15. The molecule has 0 spiro atoms. The van der Waals surface area contributed by atoms with E-state index in [-0.39, 0.29) is 5.84 Å². The summed E-state index contributed by atoms with van der Waals surface area (Å²) in [5.41, 5.74) is 5.64. The number of amidine groups is 1. The van der Waals surface area contributed by atoms with E-state index >= 15 is 0 Å². The van der Waals surface area contributed by atoms with Crippen LogP contribution in [0, 0.1) is 11.2 Å². The number of rotatable bonds is 5. The molecule has 0 aromatic heterocycles. The van der Waals surface area contributed by atoms with Gasteiger partial charge in [0, 0.05) is 0 Å². The molecule has 0 amide bonds. The summed E-state index contributed by atoms with van der Waals surface area (Å²) in [5, 5.41) is 7.28. The molecule has 0 bridgehead atoms. The molecule has 0 aliphatic heterocycles. The van der Waals surface area contributed by atoms with Crippen LogP contribution in [0.25, 0.3) is 0 Å². The summed E-state index contributed by atoms with van der Waals surface area (Å²) < 4.78 is 18.3. The van der Waals surface area contributed by atoms with Crippen molar-refractivity contribution in [3.63, 3.8) is 0 Å². The molecule has 3 N–H and O–H groups in total. The van der Waals surface area contributed by atoms with Crippen LogP contribution < -0.4 is 10.5 Å². The van der Waals surface area contributed by atoms with E-state index in [1.165, 1.54) is 18.2 Å². The lowest BCUT2D eigenvalue weighted by Gasteiger charge is -2.09. The van der Waals surface area contributed by atoms with Crippen molar-refractivity contribution in [3.05, 3.63) is 29.6 Å². The van der Waals surface area contributed by atoms with E-state index < -0.39 is 5.82 Å². The highest BCUT2D eigenvalue weighted by molar-refractivity contribution is 5.97. The Bertz CT molecular complexity index is 352. The quantitative estimate of drug-likeness (QED) is 0.445. The zero-order valence-corrected chi connectivity index (χ0v) is 8.72. The van der Waals surface area contributed by atoms with Crippen LogP contribution in [0.2, 0.25) is 0 Å². The van der Waals surface area contributed by atoms with Crippen LogP contribution >= 0.6 is 0 Å². The molecule has 1 rings (SSSR count). The van der Waals surface area contributed by atoms with Gasteiger partial charge in [0.05, 0.1) is 12.2 Å². The number of halogens is 1. The van der Waals surface area contributed by atoms with Crippen molar-refractivity contribution in [1.82, 2.24) is 0 Å². The van der Waals surface area contributed by atoms with Gasteiger partial charge in [-0.1, -0.05) is 13.3 Å². The van der Waals surface area contributed by atoms with Crippen LogP contribution in [-0.2, 0) is 0 Å². The highest BCUT2D eigenvalue weighted by Gasteiger charge is 2.07. The van der Waals surface area contributed by atoms with Gasteiger partial charge in [-0.25, -0.2) is 4.39 Å². The van der Waals surface area contributed by atoms with E-state index in [0.717, 1.165) is 12.8 Å². The van der Waals surface area contributed by atoms with Crippen molar-refractivity contribution in [1.29, 1.82) is 5.41 Å². The van der Waals surface area contributed by atoms with Gasteiger partial charge in [0.25, 0.3) is 0 Å². The third-order valence-corrected chi connectivity index (χ3v) is 1.99. The fourth-order valence-electron chi connectivity index (χ4n) is 1.17. The van der Waals surface area contributed by atoms with Gasteiger partial charge in [0.15, 0.2) is 0 Å². The first kappa shape index (κ1) is 11.5. The number of nitrogen functional groups attached to an aromatic ring is 1. The topological polar surface area (TPSA) is 59.1 Å². The van der Waals surface area contributed by atoms with Gasteiger partial charge in [0.2, 0.25) is 0 Å². The van der Waals surface area contributed by atoms with Crippen molar-refractivity contribution in [2.75, 3.05) is 6.61 Å². The molecule has 3 nitrogen and oxygen atoms in total. The molecule has 15 heavy (non-hydrogen) atoms. The molecule has 0 aliphatic carbocycles. The van der Waals surface area contributed by atoms with Crippen molar-refractivity contribution in [3.8, 4) is 5.75 Å². The molecule has 0 saturated heterocycles. The average Bonchev–Trinajstić information content (AvgIpc) is 2.20. The van der Waals surface area contributed by atoms with E-state index in [1.54, 1.807) is 0 Å². The monoisotopic (exact) mass is 210 g/mol. The Labute approximate surface area is 88.6 Å². The lowest BCUT2D eigenvalue weighted by molar-refractivity contribution is 0.308. The first-order valence-electron chi connectivity index (χ1n) is 4.92. The maximum Gasteiger partial charge on any atom is 0.130 e. The molecule has 0 unspecified atom stereocenters. The molecule has 1 aromatic rings. The van der Waals surface area contributed by atoms with Crippen LogP contribution in [0.5, 0.6) is 5.75 Å². The predicted octanol–water partition coefficient (Wildman–Crippen LogP) is 2.29. The number of hydrogen-bond donors (Lipinski definition) is 2. The zero-order chi connectivity index (χ0) is 11.3. The lowest BCUT2D eigenvalue weighted by Crippen LogP contribution is -2.13. The minimum atomic E-state index is -0.414. The number of ether oxygens (including phenoxy) is 1. The maximum absolute atomic E-state index is 12.9. The molecule has 82 valence electrons. The van der Waals surface area contributed by atoms with E-state index in [2.05, 4.69) is 6.92 Å². The van der Waals surface area contributed by atoms with Crippen LogP contribution in [0.4, 0.5) is 4.39 Å². The minimum Gasteiger partial charge on any atom is -0.493 e. The van der Waals surface area contributed by atoms with Crippen molar-refractivity contribution >= 4 is 5.84 Å². The lowest BCUT2D eigenvalue weighted by atomic mass is 10.2. The van der Waals surface area contributed by atoms with Crippen molar-refractivity contribution in [2.45, 2.75) is 19.8 Å². The third-order valence-electron chi connectivity index (χ3n) is 1.99. The molecule has 4 heteroatoms. The molecule has 0 heterocycles. The van der Waals surface area contributed by atoms with Crippen LogP contribution in [-0.4, -0.2) is 12.4 Å². The summed E-state index contributed by atoms with van der Waals surface area (Å²) in [6.45, 7) is 2.61. The van der Waals surface area contributed by atoms with E-state index in [1.807, 2.05) is 0 Å². The summed E-state index contributed by atoms with van der Waals surface area (Å²) in [5.74, 6) is -0.124. The van der Waals surface area contributed by atoms with Gasteiger partial charge in [-0.15, -0.1) is 0 Å². The summed E-state index contributed by atoms with van der Waals surface area (Å²) in [6.07, 6.45) is 1.95. The number of nitrogens with one attached hydrogen (secondary N) is 1. The highest BCUT2D eigenvalue weighted by Crippen LogP contribution is 2.19. The molecular weight excluding hydrogens is 195 g/mol. The summed E-state index contributed by atoms with van der Waals surface area (Å²) in [7, 11) is 0. The van der Waals surface area contributed by atoms with Crippen LogP contribution in [0.3, 0.4) is 0 Å². The maximum atomic E-state index is 12.9. The Hall–Kier alpha value is -1.58. The normalized spacial score (nSPS) is 10.0. The Balaban J connectivity index is 2.81. The van der Waals surface area contributed by atoms with Crippen molar-refractivity contribution in [2.24, 2.45) is 5.73 Å². The number of benzene rings is 1. The Morgan fingerprint density at radius 3 is 2.87 bits per heavy atom. The van der Waals surface area contributed by atoms with Gasteiger partial charge in [0.1, 0.15) is 17.4 Å². The second-order valence-corrected chi connectivity index (χ2v) is 3.26. The number of nitrogens with two attached hydrogens (primary N) is 1. The molecule has 0 fully saturated rings. The summed E-state index contributed by atoms with van der Waals surface area (Å²) in [6, 6.07) is 4.01. The molecule has 0 radical (unpaired) electrons. The van der Waals surface area contributed by atoms with E-state index in [0.29, 0.717) is 17.9 Å².